The van der Waals surface area contributed by atoms with Crippen molar-refractivity contribution < 1.29 is 24.5 Å². The third-order valence-corrected chi connectivity index (χ3v) is 3.25. The lowest BCUT2D eigenvalue weighted by Gasteiger charge is -2.07. The normalized spacial score (nSPS) is 10.2. The molecule has 0 fully saturated rings. The first-order valence-corrected chi connectivity index (χ1v) is 6.26. The molecular formula is C15H11ClO5. The van der Waals surface area contributed by atoms with Gasteiger partial charge in [-0.2, -0.15) is 0 Å². The highest BCUT2D eigenvalue weighted by molar-refractivity contribution is 6.33. The molecule has 2 N–H and O–H groups in total. The van der Waals surface area contributed by atoms with Crippen LogP contribution in [0.1, 0.15) is 20.7 Å². The molecule has 0 saturated carbocycles. The molecule has 0 heterocycles. The first kappa shape index (κ1) is 14.9. The molecule has 0 atom stereocenters. The summed E-state index contributed by atoms with van der Waals surface area (Å²) in [7, 11) is 1.26. The van der Waals surface area contributed by atoms with Crippen molar-refractivity contribution in [3.05, 3.63) is 52.5 Å². The van der Waals surface area contributed by atoms with Crippen LogP contribution in [0.3, 0.4) is 0 Å². The summed E-state index contributed by atoms with van der Waals surface area (Å²) >= 11 is 6.02. The van der Waals surface area contributed by atoms with Gasteiger partial charge in [0.15, 0.2) is 0 Å². The number of phenols is 1. The summed E-state index contributed by atoms with van der Waals surface area (Å²) in [6.07, 6.45) is 0. The van der Waals surface area contributed by atoms with Gasteiger partial charge in [-0.05, 0) is 35.4 Å². The van der Waals surface area contributed by atoms with Crippen LogP contribution in [-0.4, -0.2) is 29.3 Å². The van der Waals surface area contributed by atoms with E-state index in [0.29, 0.717) is 11.1 Å². The molecule has 0 saturated heterocycles. The van der Waals surface area contributed by atoms with Crippen molar-refractivity contribution in [3.8, 4) is 16.9 Å². The highest BCUT2D eigenvalue weighted by Crippen LogP contribution is 2.29. The van der Waals surface area contributed by atoms with E-state index < -0.39 is 11.9 Å². The van der Waals surface area contributed by atoms with Gasteiger partial charge in [0.2, 0.25) is 0 Å². The Labute approximate surface area is 125 Å². The molecular weight excluding hydrogens is 296 g/mol. The van der Waals surface area contributed by atoms with Crippen molar-refractivity contribution >= 4 is 23.5 Å². The van der Waals surface area contributed by atoms with E-state index in [9.17, 15) is 14.7 Å². The van der Waals surface area contributed by atoms with Gasteiger partial charge in [-0.15, -0.1) is 0 Å². The number of benzene rings is 2. The summed E-state index contributed by atoms with van der Waals surface area (Å²) in [5.41, 5.74) is 1.26. The zero-order chi connectivity index (χ0) is 15.6. The topological polar surface area (TPSA) is 83.8 Å². The summed E-state index contributed by atoms with van der Waals surface area (Å²) in [6.45, 7) is 0. The van der Waals surface area contributed by atoms with Crippen LogP contribution in [0, 0.1) is 0 Å². The minimum atomic E-state index is -1.21. The summed E-state index contributed by atoms with van der Waals surface area (Å²) in [5, 5.41) is 18.8. The van der Waals surface area contributed by atoms with Gasteiger partial charge >= 0.3 is 11.9 Å². The average molecular weight is 307 g/mol. The molecule has 0 aliphatic rings. The highest BCUT2D eigenvalue weighted by Gasteiger charge is 2.13. The Bertz CT molecular complexity index is 724. The second-order valence-electron chi connectivity index (χ2n) is 4.22. The molecule has 0 spiro atoms. The van der Waals surface area contributed by atoms with Crippen LogP contribution in [0.5, 0.6) is 5.75 Å². The second-order valence-corrected chi connectivity index (χ2v) is 4.63. The molecule has 0 amide bonds. The lowest BCUT2D eigenvalue weighted by Crippen LogP contribution is -2.02. The van der Waals surface area contributed by atoms with E-state index in [0.717, 1.165) is 0 Å². The number of carboxylic acid groups (broad SMARTS) is 1. The Hall–Kier alpha value is -2.53. The second kappa shape index (κ2) is 5.85. The monoisotopic (exact) mass is 306 g/mol. The summed E-state index contributed by atoms with van der Waals surface area (Å²) in [6, 6.07) is 8.86. The van der Waals surface area contributed by atoms with Crippen molar-refractivity contribution in [1.29, 1.82) is 0 Å². The van der Waals surface area contributed by atoms with Crippen LogP contribution in [0.2, 0.25) is 5.02 Å². The predicted molar refractivity (Wildman–Crippen MR) is 76.9 cm³/mol. The number of methoxy groups -OCH3 is 1. The van der Waals surface area contributed by atoms with Crippen LogP contribution in [-0.2, 0) is 4.74 Å². The van der Waals surface area contributed by atoms with Crippen molar-refractivity contribution in [3.63, 3.8) is 0 Å². The number of hydrogen-bond acceptors (Lipinski definition) is 4. The SMILES string of the molecule is COC(=O)c1ccc(-c2ccc(C(=O)O)c(O)c2)cc1Cl. The minimum Gasteiger partial charge on any atom is -0.507 e. The number of aromatic hydroxyl groups is 1. The van der Waals surface area contributed by atoms with Crippen LogP contribution < -0.4 is 0 Å². The van der Waals surface area contributed by atoms with Crippen molar-refractivity contribution in [2.24, 2.45) is 0 Å². The third-order valence-electron chi connectivity index (χ3n) is 2.94. The Morgan fingerprint density at radius 2 is 1.62 bits per heavy atom. The number of rotatable bonds is 3. The van der Waals surface area contributed by atoms with Crippen molar-refractivity contribution in [2.45, 2.75) is 0 Å². The first-order valence-electron chi connectivity index (χ1n) is 5.88. The largest absolute Gasteiger partial charge is 0.507 e. The lowest BCUT2D eigenvalue weighted by molar-refractivity contribution is 0.0600. The van der Waals surface area contributed by atoms with Gasteiger partial charge in [0.05, 0.1) is 17.7 Å². The quantitative estimate of drug-likeness (QED) is 0.851. The van der Waals surface area contributed by atoms with Gasteiger partial charge in [0.1, 0.15) is 11.3 Å². The number of halogens is 1. The van der Waals surface area contributed by atoms with E-state index in [1.54, 1.807) is 18.2 Å². The molecule has 2 aromatic rings. The predicted octanol–water partition coefficient (Wildman–Crippen LogP) is 3.20. The van der Waals surface area contributed by atoms with Gasteiger partial charge in [-0.25, -0.2) is 9.59 Å². The van der Waals surface area contributed by atoms with Crippen LogP contribution in [0.15, 0.2) is 36.4 Å². The van der Waals surface area contributed by atoms with Gasteiger partial charge in [-0.3, -0.25) is 0 Å². The van der Waals surface area contributed by atoms with Crippen LogP contribution in [0.4, 0.5) is 0 Å². The fourth-order valence-electron chi connectivity index (χ4n) is 1.86. The number of ether oxygens (including phenoxy) is 1. The highest BCUT2D eigenvalue weighted by atomic mass is 35.5. The van der Waals surface area contributed by atoms with Crippen LogP contribution >= 0.6 is 11.6 Å². The molecule has 6 heteroatoms. The number of hydrogen-bond donors (Lipinski definition) is 2. The number of carbonyl (C=O) groups is 2. The smallest absolute Gasteiger partial charge is 0.339 e. The average Bonchev–Trinajstić information content (AvgIpc) is 2.45. The number of aromatic carboxylic acids is 1. The summed E-state index contributed by atoms with van der Waals surface area (Å²) < 4.78 is 4.60. The first-order chi connectivity index (χ1) is 9.93. The molecule has 0 radical (unpaired) electrons. The number of carboxylic acids is 1. The van der Waals surface area contributed by atoms with Gasteiger partial charge in [-0.1, -0.05) is 23.7 Å². The molecule has 0 bridgehead atoms. The standard InChI is InChI=1S/C15H11ClO5/c1-21-15(20)10-4-2-8(6-12(10)16)9-3-5-11(14(18)19)13(17)7-9/h2-7,17H,1H3,(H,18,19). The zero-order valence-electron chi connectivity index (χ0n) is 11.0. The summed E-state index contributed by atoms with van der Waals surface area (Å²) in [4.78, 5) is 22.3. The summed E-state index contributed by atoms with van der Waals surface area (Å²) in [5.74, 6) is -2.10. The molecule has 21 heavy (non-hydrogen) atoms. The molecule has 2 aromatic carbocycles. The van der Waals surface area contributed by atoms with Gasteiger partial charge in [0.25, 0.3) is 0 Å². The molecule has 108 valence electrons. The van der Waals surface area contributed by atoms with E-state index in [1.807, 2.05) is 0 Å². The fraction of sp³-hybridized carbons (Fsp3) is 0.0667. The Kier molecular flexibility index (Phi) is 4.14. The Balaban J connectivity index is 2.44. The molecule has 2 rings (SSSR count). The molecule has 5 nitrogen and oxygen atoms in total. The van der Waals surface area contributed by atoms with E-state index in [2.05, 4.69) is 4.74 Å². The maximum absolute atomic E-state index is 11.4. The maximum atomic E-state index is 11.4. The Morgan fingerprint density at radius 3 is 2.10 bits per heavy atom. The number of esters is 1. The molecule has 0 unspecified atom stereocenters. The zero-order valence-corrected chi connectivity index (χ0v) is 11.7. The maximum Gasteiger partial charge on any atom is 0.339 e. The fourth-order valence-corrected chi connectivity index (χ4v) is 2.12. The number of carbonyl (C=O) groups excluding carboxylic acids is 1. The van der Waals surface area contributed by atoms with Crippen molar-refractivity contribution in [1.82, 2.24) is 0 Å². The lowest BCUT2D eigenvalue weighted by atomic mass is 10.0. The third kappa shape index (κ3) is 2.98. The van der Waals surface area contributed by atoms with Gasteiger partial charge in [0, 0.05) is 0 Å². The minimum absolute atomic E-state index is 0.184. The van der Waals surface area contributed by atoms with E-state index in [1.165, 1.54) is 25.3 Å². The van der Waals surface area contributed by atoms with E-state index in [4.69, 9.17) is 16.7 Å². The Morgan fingerprint density at radius 1 is 1.05 bits per heavy atom. The molecule has 0 aliphatic carbocycles. The van der Waals surface area contributed by atoms with Crippen LogP contribution in [0.25, 0.3) is 11.1 Å². The van der Waals surface area contributed by atoms with E-state index >= 15 is 0 Å². The van der Waals surface area contributed by atoms with Crippen molar-refractivity contribution in [2.75, 3.05) is 7.11 Å². The molecule has 0 aromatic heterocycles. The molecule has 0 aliphatic heterocycles. The van der Waals surface area contributed by atoms with E-state index in [-0.39, 0.29) is 21.9 Å². The van der Waals surface area contributed by atoms with Gasteiger partial charge < -0.3 is 14.9 Å².